The van der Waals surface area contributed by atoms with Gasteiger partial charge in [0.1, 0.15) is 11.5 Å². The Morgan fingerprint density at radius 2 is 2.11 bits per heavy atom. The van der Waals surface area contributed by atoms with Crippen LogP contribution in [-0.2, 0) is 0 Å². The quantitative estimate of drug-likeness (QED) is 0.783. The number of aromatic nitrogens is 1. The molecular weight excluding hydrogens is 250 g/mol. The van der Waals surface area contributed by atoms with Gasteiger partial charge in [-0.2, -0.15) is 0 Å². The standard InChI is InChI=1S/C14H12ClNO2/c1-9-14(4-3-7-16-9)18-11-5-6-12(10(2)17)13(15)8-11/h3-8H,1-2H3. The molecule has 0 unspecified atom stereocenters. The van der Waals surface area contributed by atoms with Crippen LogP contribution in [0.25, 0.3) is 0 Å². The van der Waals surface area contributed by atoms with Gasteiger partial charge in [0.05, 0.1) is 10.7 Å². The average molecular weight is 262 g/mol. The molecule has 0 N–H and O–H groups in total. The normalized spacial score (nSPS) is 10.2. The van der Waals surface area contributed by atoms with Crippen LogP contribution in [0.3, 0.4) is 0 Å². The lowest BCUT2D eigenvalue weighted by molar-refractivity contribution is 0.101. The van der Waals surface area contributed by atoms with Crippen molar-refractivity contribution in [3.63, 3.8) is 0 Å². The number of nitrogens with zero attached hydrogens (tertiary/aromatic N) is 1. The van der Waals surface area contributed by atoms with E-state index < -0.39 is 0 Å². The molecule has 0 aliphatic heterocycles. The molecule has 1 heterocycles. The number of Topliss-reactive ketones (excluding diaryl/α,β-unsaturated/α-hetero) is 1. The molecule has 4 heteroatoms. The van der Waals surface area contributed by atoms with Crippen LogP contribution in [0.4, 0.5) is 0 Å². The maximum Gasteiger partial charge on any atom is 0.161 e. The number of carbonyl (C=O) groups is 1. The Bertz CT molecular complexity index is 596. The van der Waals surface area contributed by atoms with E-state index >= 15 is 0 Å². The Kier molecular flexibility index (Phi) is 3.63. The molecule has 92 valence electrons. The van der Waals surface area contributed by atoms with Crippen LogP contribution >= 0.6 is 11.6 Å². The summed E-state index contributed by atoms with van der Waals surface area (Å²) in [4.78, 5) is 15.4. The smallest absolute Gasteiger partial charge is 0.161 e. The molecule has 0 saturated heterocycles. The van der Waals surface area contributed by atoms with E-state index in [1.807, 2.05) is 13.0 Å². The minimum absolute atomic E-state index is 0.0656. The summed E-state index contributed by atoms with van der Waals surface area (Å²) >= 11 is 6.01. The molecule has 0 radical (unpaired) electrons. The summed E-state index contributed by atoms with van der Waals surface area (Å²) in [5.41, 5.74) is 1.29. The van der Waals surface area contributed by atoms with E-state index in [1.165, 1.54) is 6.92 Å². The summed E-state index contributed by atoms with van der Waals surface area (Å²) in [6, 6.07) is 8.63. The topological polar surface area (TPSA) is 39.2 Å². The average Bonchev–Trinajstić information content (AvgIpc) is 2.32. The molecule has 0 aliphatic rings. The van der Waals surface area contributed by atoms with E-state index in [2.05, 4.69) is 4.98 Å². The van der Waals surface area contributed by atoms with Gasteiger partial charge < -0.3 is 4.74 Å². The number of hydrogen-bond donors (Lipinski definition) is 0. The van der Waals surface area contributed by atoms with Crippen molar-refractivity contribution in [3.8, 4) is 11.5 Å². The summed E-state index contributed by atoms with van der Waals surface area (Å²) in [7, 11) is 0. The van der Waals surface area contributed by atoms with E-state index in [0.717, 1.165) is 5.69 Å². The van der Waals surface area contributed by atoms with Gasteiger partial charge in [-0.3, -0.25) is 9.78 Å². The molecule has 0 aliphatic carbocycles. The minimum atomic E-state index is -0.0656. The molecular formula is C14H12ClNO2. The van der Waals surface area contributed by atoms with Crippen molar-refractivity contribution in [1.82, 2.24) is 4.98 Å². The first kappa shape index (κ1) is 12.6. The van der Waals surface area contributed by atoms with Crippen molar-refractivity contribution in [2.45, 2.75) is 13.8 Å². The number of rotatable bonds is 3. The zero-order chi connectivity index (χ0) is 13.1. The highest BCUT2D eigenvalue weighted by Crippen LogP contribution is 2.28. The lowest BCUT2D eigenvalue weighted by atomic mass is 10.1. The van der Waals surface area contributed by atoms with Crippen LogP contribution < -0.4 is 4.74 Å². The highest BCUT2D eigenvalue weighted by Gasteiger charge is 2.08. The van der Waals surface area contributed by atoms with Gasteiger partial charge in [-0.05, 0) is 38.1 Å². The van der Waals surface area contributed by atoms with Gasteiger partial charge in [-0.1, -0.05) is 11.6 Å². The SMILES string of the molecule is CC(=O)c1ccc(Oc2cccnc2C)cc1Cl. The second-order valence-electron chi connectivity index (χ2n) is 3.89. The molecule has 2 aromatic rings. The maximum absolute atomic E-state index is 11.3. The van der Waals surface area contributed by atoms with E-state index in [1.54, 1.807) is 30.5 Å². The third-order valence-corrected chi connectivity index (χ3v) is 2.82. The van der Waals surface area contributed by atoms with Crippen LogP contribution in [0, 0.1) is 6.92 Å². The number of carbonyl (C=O) groups excluding carboxylic acids is 1. The molecule has 0 bridgehead atoms. The number of halogens is 1. The number of pyridine rings is 1. The van der Waals surface area contributed by atoms with Crippen LogP contribution in [0.2, 0.25) is 5.02 Å². The first-order chi connectivity index (χ1) is 8.58. The van der Waals surface area contributed by atoms with Gasteiger partial charge >= 0.3 is 0 Å². The highest BCUT2D eigenvalue weighted by atomic mass is 35.5. The summed E-state index contributed by atoms with van der Waals surface area (Å²) in [5.74, 6) is 1.19. The van der Waals surface area contributed by atoms with Crippen LogP contribution in [-0.4, -0.2) is 10.8 Å². The van der Waals surface area contributed by atoms with Gasteiger partial charge in [0.15, 0.2) is 5.78 Å². The summed E-state index contributed by atoms with van der Waals surface area (Å²) in [5, 5.41) is 0.390. The largest absolute Gasteiger partial charge is 0.455 e. The first-order valence-electron chi connectivity index (χ1n) is 5.48. The second kappa shape index (κ2) is 5.19. The van der Waals surface area contributed by atoms with Crippen molar-refractivity contribution in [1.29, 1.82) is 0 Å². The Morgan fingerprint density at radius 3 is 2.72 bits per heavy atom. The van der Waals surface area contributed by atoms with E-state index in [-0.39, 0.29) is 5.78 Å². The van der Waals surface area contributed by atoms with Crippen LogP contribution in [0.1, 0.15) is 23.0 Å². The monoisotopic (exact) mass is 261 g/mol. The third kappa shape index (κ3) is 2.68. The zero-order valence-corrected chi connectivity index (χ0v) is 10.9. The van der Waals surface area contributed by atoms with Crippen LogP contribution in [0.5, 0.6) is 11.5 Å². The Labute approximate surface area is 110 Å². The predicted molar refractivity (Wildman–Crippen MR) is 70.5 cm³/mol. The molecule has 1 aromatic heterocycles. The van der Waals surface area contributed by atoms with Crippen molar-refractivity contribution >= 4 is 17.4 Å². The molecule has 0 amide bonds. The summed E-state index contributed by atoms with van der Waals surface area (Å²) in [6.45, 7) is 3.34. The molecule has 0 saturated carbocycles. The van der Waals surface area contributed by atoms with Crippen LogP contribution in [0.15, 0.2) is 36.5 Å². The molecule has 18 heavy (non-hydrogen) atoms. The van der Waals surface area contributed by atoms with E-state index in [4.69, 9.17) is 16.3 Å². The summed E-state index contributed by atoms with van der Waals surface area (Å²) < 4.78 is 5.67. The van der Waals surface area contributed by atoms with Gasteiger partial charge in [0.25, 0.3) is 0 Å². The molecule has 2 rings (SSSR count). The third-order valence-electron chi connectivity index (χ3n) is 2.51. The molecule has 1 aromatic carbocycles. The van der Waals surface area contributed by atoms with Gasteiger partial charge in [0, 0.05) is 17.8 Å². The number of ketones is 1. The summed E-state index contributed by atoms with van der Waals surface area (Å²) in [6.07, 6.45) is 1.70. The van der Waals surface area contributed by atoms with Gasteiger partial charge in [0.2, 0.25) is 0 Å². The highest BCUT2D eigenvalue weighted by molar-refractivity contribution is 6.34. The Morgan fingerprint density at radius 1 is 1.33 bits per heavy atom. The van der Waals surface area contributed by atoms with Gasteiger partial charge in [-0.25, -0.2) is 0 Å². The molecule has 0 spiro atoms. The maximum atomic E-state index is 11.3. The lowest BCUT2D eigenvalue weighted by Crippen LogP contribution is -1.94. The number of hydrogen-bond acceptors (Lipinski definition) is 3. The fourth-order valence-corrected chi connectivity index (χ4v) is 1.85. The second-order valence-corrected chi connectivity index (χ2v) is 4.29. The minimum Gasteiger partial charge on any atom is -0.455 e. The lowest BCUT2D eigenvalue weighted by Gasteiger charge is -2.09. The van der Waals surface area contributed by atoms with Crippen molar-refractivity contribution in [2.75, 3.05) is 0 Å². The number of ether oxygens (including phenoxy) is 1. The van der Waals surface area contributed by atoms with E-state index in [0.29, 0.717) is 22.1 Å². The number of benzene rings is 1. The Balaban J connectivity index is 2.29. The predicted octanol–water partition coefficient (Wildman–Crippen LogP) is 4.04. The fourth-order valence-electron chi connectivity index (χ4n) is 1.55. The van der Waals surface area contributed by atoms with Crippen molar-refractivity contribution in [2.24, 2.45) is 0 Å². The van der Waals surface area contributed by atoms with Gasteiger partial charge in [-0.15, -0.1) is 0 Å². The fraction of sp³-hybridized carbons (Fsp3) is 0.143. The molecule has 3 nitrogen and oxygen atoms in total. The molecule has 0 fully saturated rings. The van der Waals surface area contributed by atoms with Crippen molar-refractivity contribution in [3.05, 3.63) is 52.8 Å². The Hall–Kier alpha value is -1.87. The van der Waals surface area contributed by atoms with Crippen molar-refractivity contribution < 1.29 is 9.53 Å². The zero-order valence-electron chi connectivity index (χ0n) is 10.1. The molecule has 0 atom stereocenters. The first-order valence-corrected chi connectivity index (χ1v) is 5.85. The number of aryl methyl sites for hydroxylation is 1. The van der Waals surface area contributed by atoms with E-state index in [9.17, 15) is 4.79 Å².